The number of hydrogen-bond donors (Lipinski definition) is 0. The second-order valence-corrected chi connectivity index (χ2v) is 13.0. The topological polar surface area (TPSA) is 83.5 Å². The molecule has 3 aromatic carbocycles. The smallest absolute Gasteiger partial charge is 0.258 e. The molecule has 10 heteroatoms. The molecule has 3 heterocycles. The zero-order valence-electron chi connectivity index (χ0n) is 21.4. The van der Waals surface area contributed by atoms with E-state index in [9.17, 15) is 13.2 Å². The molecule has 0 spiro atoms. The van der Waals surface area contributed by atoms with Crippen molar-refractivity contribution in [1.82, 2.24) is 14.3 Å². The minimum Gasteiger partial charge on any atom is -0.311 e. The maximum atomic E-state index is 14.6. The van der Waals surface area contributed by atoms with Crippen LogP contribution < -0.4 is 4.90 Å². The van der Waals surface area contributed by atoms with Gasteiger partial charge in [0.15, 0.2) is 0 Å². The predicted molar refractivity (Wildman–Crippen MR) is 159 cm³/mol. The van der Waals surface area contributed by atoms with Crippen molar-refractivity contribution in [2.45, 2.75) is 17.5 Å². The normalized spacial score (nSPS) is 14.4. The third kappa shape index (κ3) is 4.90. The van der Waals surface area contributed by atoms with E-state index < -0.39 is 16.1 Å². The molecule has 0 radical (unpaired) electrons. The summed E-state index contributed by atoms with van der Waals surface area (Å²) in [6.07, 6.45) is 5.07. The highest BCUT2D eigenvalue weighted by atomic mass is 32.2. The van der Waals surface area contributed by atoms with Gasteiger partial charge < -0.3 is 4.90 Å². The van der Waals surface area contributed by atoms with Gasteiger partial charge in [0.05, 0.1) is 28.7 Å². The first kappa shape index (κ1) is 26.3. The Morgan fingerprint density at radius 1 is 0.900 bits per heavy atom. The van der Waals surface area contributed by atoms with Crippen LogP contribution >= 0.6 is 22.7 Å². The molecule has 0 saturated carbocycles. The Hall–Kier alpha value is -3.96. The van der Waals surface area contributed by atoms with Crippen LogP contribution in [0.5, 0.6) is 0 Å². The van der Waals surface area contributed by atoms with Gasteiger partial charge in [0, 0.05) is 35.8 Å². The van der Waals surface area contributed by atoms with Crippen LogP contribution in [0, 0.1) is 0 Å². The summed E-state index contributed by atoms with van der Waals surface area (Å²) in [4.78, 5) is 23.5. The average Bonchev–Trinajstić information content (AvgIpc) is 3.74. The highest BCUT2D eigenvalue weighted by Crippen LogP contribution is 2.41. The molecule has 5 aromatic rings. The van der Waals surface area contributed by atoms with Crippen LogP contribution in [0.1, 0.15) is 32.7 Å². The lowest BCUT2D eigenvalue weighted by Gasteiger charge is -2.31. The van der Waals surface area contributed by atoms with E-state index in [1.165, 1.54) is 31.9 Å². The molecule has 0 atom stereocenters. The number of fused-ring (bicyclic) bond motifs is 1. The highest BCUT2D eigenvalue weighted by molar-refractivity contribution is 7.89. The van der Waals surface area contributed by atoms with Gasteiger partial charge in [-0.25, -0.2) is 18.4 Å². The van der Waals surface area contributed by atoms with Gasteiger partial charge in [0.25, 0.3) is 5.91 Å². The SMILES string of the molecule is CN1C(=O)/C(=C/c2nccs2)c2cc(S(=O)(=O)N(Cc3nccs3)C(c3ccccc3)c3ccccc3)ccc21. The van der Waals surface area contributed by atoms with E-state index in [1.807, 2.05) is 71.4 Å². The van der Waals surface area contributed by atoms with E-state index >= 15 is 0 Å². The van der Waals surface area contributed by atoms with Gasteiger partial charge in [0.2, 0.25) is 10.0 Å². The third-order valence-corrected chi connectivity index (χ3v) is 10.1. The number of hydrogen-bond acceptors (Lipinski definition) is 7. The van der Waals surface area contributed by atoms with Gasteiger partial charge in [0.1, 0.15) is 10.0 Å². The average molecular weight is 585 g/mol. The number of likely N-dealkylation sites (N-methyl/N-ethyl adjacent to an activating group) is 1. The minimum absolute atomic E-state index is 0.0895. The van der Waals surface area contributed by atoms with Crippen LogP contribution in [0.2, 0.25) is 0 Å². The van der Waals surface area contributed by atoms with Crippen molar-refractivity contribution >= 4 is 55.9 Å². The largest absolute Gasteiger partial charge is 0.311 e. The maximum absolute atomic E-state index is 14.6. The number of anilines is 1. The summed E-state index contributed by atoms with van der Waals surface area (Å²) in [6.45, 7) is 0.0895. The zero-order valence-corrected chi connectivity index (χ0v) is 23.9. The van der Waals surface area contributed by atoms with Crippen molar-refractivity contribution < 1.29 is 13.2 Å². The van der Waals surface area contributed by atoms with Gasteiger partial charge in [-0.1, -0.05) is 60.7 Å². The Labute approximate surface area is 240 Å². The quantitative estimate of drug-likeness (QED) is 0.206. The monoisotopic (exact) mass is 584 g/mol. The van der Waals surface area contributed by atoms with Crippen LogP contribution in [-0.2, 0) is 21.4 Å². The molecule has 2 aromatic heterocycles. The summed E-state index contributed by atoms with van der Waals surface area (Å²) in [6, 6.07) is 23.5. The first-order chi connectivity index (χ1) is 19.4. The van der Waals surface area contributed by atoms with Crippen molar-refractivity contribution in [2.75, 3.05) is 11.9 Å². The molecule has 6 rings (SSSR count). The minimum atomic E-state index is -4.08. The van der Waals surface area contributed by atoms with Gasteiger partial charge in [-0.15, -0.1) is 22.7 Å². The fourth-order valence-electron chi connectivity index (χ4n) is 4.87. The van der Waals surface area contributed by atoms with Crippen LogP contribution in [0.25, 0.3) is 11.6 Å². The molecule has 0 aliphatic carbocycles. The number of nitrogens with zero attached hydrogens (tertiary/aromatic N) is 4. The van der Waals surface area contributed by atoms with Crippen molar-refractivity contribution in [3.63, 3.8) is 0 Å². The van der Waals surface area contributed by atoms with E-state index in [1.54, 1.807) is 43.7 Å². The first-order valence-electron chi connectivity index (χ1n) is 12.5. The summed E-state index contributed by atoms with van der Waals surface area (Å²) < 4.78 is 30.7. The summed E-state index contributed by atoms with van der Waals surface area (Å²) in [5.74, 6) is -0.203. The lowest BCUT2D eigenvalue weighted by molar-refractivity contribution is -0.112. The summed E-state index contributed by atoms with van der Waals surface area (Å²) in [7, 11) is -2.40. The van der Waals surface area contributed by atoms with E-state index in [0.29, 0.717) is 26.8 Å². The van der Waals surface area contributed by atoms with Crippen LogP contribution in [-0.4, -0.2) is 35.6 Å². The Morgan fingerprint density at radius 2 is 1.55 bits per heavy atom. The Bertz CT molecular complexity index is 1730. The van der Waals surface area contributed by atoms with E-state index in [0.717, 1.165) is 11.1 Å². The molecule has 0 saturated heterocycles. The molecule has 0 fully saturated rings. The fourth-order valence-corrected chi connectivity index (χ4v) is 7.72. The molecule has 40 heavy (non-hydrogen) atoms. The number of benzene rings is 3. The molecular formula is C30H24N4O3S3. The second kappa shape index (κ2) is 10.9. The number of thiazole rings is 2. The predicted octanol–water partition coefficient (Wildman–Crippen LogP) is 6.10. The van der Waals surface area contributed by atoms with Gasteiger partial charge in [-0.05, 0) is 35.4 Å². The number of rotatable bonds is 8. The van der Waals surface area contributed by atoms with E-state index in [2.05, 4.69) is 9.97 Å². The molecule has 200 valence electrons. The number of amides is 1. The van der Waals surface area contributed by atoms with Crippen LogP contribution in [0.3, 0.4) is 0 Å². The highest BCUT2D eigenvalue weighted by Gasteiger charge is 2.37. The lowest BCUT2D eigenvalue weighted by Crippen LogP contribution is -2.35. The van der Waals surface area contributed by atoms with Crippen LogP contribution in [0.4, 0.5) is 5.69 Å². The van der Waals surface area contributed by atoms with Crippen molar-refractivity contribution in [3.8, 4) is 0 Å². The van der Waals surface area contributed by atoms with Gasteiger partial charge in [-0.3, -0.25) is 4.79 Å². The van der Waals surface area contributed by atoms with Crippen LogP contribution in [0.15, 0.2) is 107 Å². The molecule has 0 N–H and O–H groups in total. The first-order valence-corrected chi connectivity index (χ1v) is 15.7. The Balaban J connectivity index is 1.51. The van der Waals surface area contributed by atoms with E-state index in [-0.39, 0.29) is 17.3 Å². The Kier molecular flexibility index (Phi) is 7.16. The number of sulfonamides is 1. The molecule has 0 bridgehead atoms. The number of carbonyl (C=O) groups excluding carboxylic acids is 1. The molecule has 1 amide bonds. The molecular weight excluding hydrogens is 561 g/mol. The Morgan fingerprint density at radius 3 is 2.15 bits per heavy atom. The number of aromatic nitrogens is 2. The van der Waals surface area contributed by atoms with Crippen molar-refractivity contribution in [1.29, 1.82) is 0 Å². The van der Waals surface area contributed by atoms with Crippen molar-refractivity contribution in [2.24, 2.45) is 0 Å². The van der Waals surface area contributed by atoms with Crippen molar-refractivity contribution in [3.05, 3.63) is 129 Å². The second-order valence-electron chi connectivity index (χ2n) is 9.17. The molecule has 1 aliphatic rings. The standard InChI is InChI=1S/C30H24N4O3S3/c1-33-26-13-12-23(18-24(26)25(30(33)35)19-27-31-14-16-38-27)40(36,37)34(20-28-32-15-17-39-28)29(21-8-4-2-5-9-21)22-10-6-3-7-11-22/h2-19,29H,20H2,1H3/b25-19+. The zero-order chi connectivity index (χ0) is 27.7. The maximum Gasteiger partial charge on any atom is 0.258 e. The molecule has 0 unspecified atom stereocenters. The number of carbonyl (C=O) groups is 1. The summed E-state index contributed by atoms with van der Waals surface area (Å²) >= 11 is 2.82. The van der Waals surface area contributed by atoms with Gasteiger partial charge >= 0.3 is 0 Å². The lowest BCUT2D eigenvalue weighted by atomic mass is 9.99. The molecule has 7 nitrogen and oxygen atoms in total. The molecule has 1 aliphatic heterocycles. The summed E-state index contributed by atoms with van der Waals surface area (Å²) in [5, 5.41) is 5.03. The van der Waals surface area contributed by atoms with Gasteiger partial charge in [-0.2, -0.15) is 4.31 Å². The fraction of sp³-hybridized carbons (Fsp3) is 0.100. The summed E-state index contributed by atoms with van der Waals surface area (Å²) in [5.41, 5.74) is 3.32. The third-order valence-electron chi connectivity index (χ3n) is 6.77. The van der Waals surface area contributed by atoms with E-state index in [4.69, 9.17) is 0 Å².